The highest BCUT2D eigenvalue weighted by Gasteiger charge is 2.29. The zero-order chi connectivity index (χ0) is 21.3. The van der Waals surface area contributed by atoms with Crippen molar-refractivity contribution in [1.29, 1.82) is 0 Å². The molecule has 1 fully saturated rings. The van der Waals surface area contributed by atoms with Crippen LogP contribution in [0.3, 0.4) is 0 Å². The fourth-order valence-corrected chi connectivity index (χ4v) is 4.42. The fourth-order valence-electron chi connectivity index (χ4n) is 4.42. The molecule has 7 nitrogen and oxygen atoms in total. The van der Waals surface area contributed by atoms with E-state index in [-0.39, 0.29) is 11.8 Å². The Balaban J connectivity index is 1.41. The fraction of sp³-hybridized carbons (Fsp3) is 0.522. The van der Waals surface area contributed by atoms with Gasteiger partial charge in [-0.3, -0.25) is 14.3 Å². The first kappa shape index (κ1) is 20.4. The summed E-state index contributed by atoms with van der Waals surface area (Å²) in [5, 5.41) is 4.77. The highest BCUT2D eigenvalue weighted by atomic mass is 16.2. The van der Waals surface area contributed by atoms with E-state index in [1.165, 1.54) is 0 Å². The molecule has 0 atom stereocenters. The highest BCUT2D eigenvalue weighted by Crippen LogP contribution is 2.29. The Morgan fingerprint density at radius 3 is 2.43 bits per heavy atom. The van der Waals surface area contributed by atoms with Crippen molar-refractivity contribution in [3.05, 3.63) is 47.3 Å². The van der Waals surface area contributed by atoms with Crippen molar-refractivity contribution in [2.45, 2.75) is 38.6 Å². The Morgan fingerprint density at radius 1 is 1.10 bits per heavy atom. The number of anilines is 1. The highest BCUT2D eigenvalue weighted by molar-refractivity contribution is 5.94. The minimum Gasteiger partial charge on any atom is -0.378 e. The quantitative estimate of drug-likeness (QED) is 0.779. The molecule has 2 amide bonds. The summed E-state index contributed by atoms with van der Waals surface area (Å²) in [4.78, 5) is 31.5. The van der Waals surface area contributed by atoms with Crippen molar-refractivity contribution < 1.29 is 9.59 Å². The monoisotopic (exact) mass is 409 g/mol. The SMILES string of the molecule is CCN1CCCn2nc(C3CCN(C(=O)c4ccc(N(C)C)cc4)CC3)cc2C1=O. The number of hydrogen-bond acceptors (Lipinski definition) is 4. The molecule has 2 aromatic rings. The minimum absolute atomic E-state index is 0.0857. The van der Waals surface area contributed by atoms with E-state index in [9.17, 15) is 9.59 Å². The Kier molecular flexibility index (Phi) is 5.79. The molecule has 30 heavy (non-hydrogen) atoms. The average Bonchev–Trinajstić information content (AvgIpc) is 3.14. The summed E-state index contributed by atoms with van der Waals surface area (Å²) in [6.45, 7) is 5.77. The van der Waals surface area contributed by atoms with E-state index in [1.54, 1.807) is 0 Å². The van der Waals surface area contributed by atoms with Crippen LogP contribution >= 0.6 is 0 Å². The Labute approximate surface area is 178 Å². The molecular formula is C23H31N5O2. The molecule has 1 saturated heterocycles. The Morgan fingerprint density at radius 2 is 1.80 bits per heavy atom. The van der Waals surface area contributed by atoms with Crippen LogP contribution in [0.5, 0.6) is 0 Å². The molecule has 1 aromatic heterocycles. The largest absolute Gasteiger partial charge is 0.378 e. The van der Waals surface area contributed by atoms with Gasteiger partial charge in [0.2, 0.25) is 0 Å². The Hall–Kier alpha value is -2.83. The molecular weight excluding hydrogens is 378 g/mol. The van der Waals surface area contributed by atoms with Crippen LogP contribution < -0.4 is 4.90 Å². The molecule has 2 aliphatic heterocycles. The first-order valence-corrected chi connectivity index (χ1v) is 10.9. The molecule has 7 heteroatoms. The summed E-state index contributed by atoms with van der Waals surface area (Å²) in [7, 11) is 3.98. The lowest BCUT2D eigenvalue weighted by atomic mass is 9.93. The van der Waals surface area contributed by atoms with Gasteiger partial charge in [-0.25, -0.2) is 0 Å². The topological polar surface area (TPSA) is 61.7 Å². The van der Waals surface area contributed by atoms with Crippen LogP contribution in [0.1, 0.15) is 58.6 Å². The molecule has 1 aromatic carbocycles. The van der Waals surface area contributed by atoms with Gasteiger partial charge in [-0.2, -0.15) is 5.10 Å². The molecule has 4 rings (SSSR count). The zero-order valence-corrected chi connectivity index (χ0v) is 18.2. The second-order valence-corrected chi connectivity index (χ2v) is 8.42. The van der Waals surface area contributed by atoms with Gasteiger partial charge in [0, 0.05) is 64.0 Å². The molecule has 160 valence electrons. The van der Waals surface area contributed by atoms with E-state index in [2.05, 4.69) is 0 Å². The smallest absolute Gasteiger partial charge is 0.272 e. The van der Waals surface area contributed by atoms with Gasteiger partial charge in [0.15, 0.2) is 0 Å². The standard InChI is InChI=1S/C23H31N5O2/c1-4-26-12-5-13-28-21(23(26)30)16-20(24-28)17-10-14-27(15-11-17)22(29)18-6-8-19(9-7-18)25(2)3/h6-9,16-17H,4-5,10-15H2,1-3H3. The number of aromatic nitrogens is 2. The van der Waals surface area contributed by atoms with E-state index in [0.717, 1.165) is 68.9 Å². The van der Waals surface area contributed by atoms with Gasteiger partial charge in [0.1, 0.15) is 5.69 Å². The summed E-state index contributed by atoms with van der Waals surface area (Å²) < 4.78 is 1.89. The summed E-state index contributed by atoms with van der Waals surface area (Å²) in [6, 6.07) is 9.75. The van der Waals surface area contributed by atoms with Crippen molar-refractivity contribution in [1.82, 2.24) is 19.6 Å². The maximum atomic E-state index is 12.9. The van der Waals surface area contributed by atoms with Gasteiger partial charge >= 0.3 is 0 Å². The van der Waals surface area contributed by atoms with Crippen LogP contribution in [0.4, 0.5) is 5.69 Å². The number of rotatable bonds is 4. The van der Waals surface area contributed by atoms with Crippen molar-refractivity contribution in [2.24, 2.45) is 0 Å². The lowest BCUT2D eigenvalue weighted by Crippen LogP contribution is -2.38. The lowest BCUT2D eigenvalue weighted by Gasteiger charge is -2.31. The van der Waals surface area contributed by atoms with Crippen LogP contribution in [0, 0.1) is 0 Å². The third kappa shape index (κ3) is 3.93. The lowest BCUT2D eigenvalue weighted by molar-refractivity contribution is 0.0711. The van der Waals surface area contributed by atoms with Crippen molar-refractivity contribution in [3.8, 4) is 0 Å². The number of benzene rings is 1. The van der Waals surface area contributed by atoms with E-state index in [1.807, 2.05) is 70.7 Å². The number of carbonyl (C=O) groups excluding carboxylic acids is 2. The predicted octanol–water partition coefficient (Wildman–Crippen LogP) is 2.83. The number of fused-ring (bicyclic) bond motifs is 1. The van der Waals surface area contributed by atoms with E-state index < -0.39 is 0 Å². The van der Waals surface area contributed by atoms with Crippen LogP contribution in [0.15, 0.2) is 30.3 Å². The molecule has 0 spiro atoms. The number of amides is 2. The first-order chi connectivity index (χ1) is 14.5. The van der Waals surface area contributed by atoms with Crippen LogP contribution in [-0.4, -0.2) is 71.7 Å². The van der Waals surface area contributed by atoms with Crippen LogP contribution in [0.2, 0.25) is 0 Å². The number of hydrogen-bond donors (Lipinski definition) is 0. The van der Waals surface area contributed by atoms with Crippen LogP contribution in [0.25, 0.3) is 0 Å². The maximum Gasteiger partial charge on any atom is 0.272 e. The average molecular weight is 410 g/mol. The van der Waals surface area contributed by atoms with Crippen LogP contribution in [-0.2, 0) is 6.54 Å². The van der Waals surface area contributed by atoms with Gasteiger partial charge in [-0.1, -0.05) is 0 Å². The number of carbonyl (C=O) groups is 2. The summed E-state index contributed by atoms with van der Waals surface area (Å²) >= 11 is 0. The van der Waals surface area contributed by atoms with Gasteiger partial charge in [0.05, 0.1) is 5.69 Å². The minimum atomic E-state index is 0.0857. The zero-order valence-electron chi connectivity index (χ0n) is 18.2. The van der Waals surface area contributed by atoms with Gasteiger partial charge in [-0.05, 0) is 56.5 Å². The predicted molar refractivity (Wildman–Crippen MR) is 117 cm³/mol. The normalized spacial score (nSPS) is 17.6. The molecule has 0 N–H and O–H groups in total. The van der Waals surface area contributed by atoms with Crippen molar-refractivity contribution in [3.63, 3.8) is 0 Å². The van der Waals surface area contributed by atoms with E-state index in [0.29, 0.717) is 11.6 Å². The van der Waals surface area contributed by atoms with Gasteiger partial charge in [-0.15, -0.1) is 0 Å². The molecule has 2 aliphatic rings. The number of aryl methyl sites for hydroxylation is 1. The second kappa shape index (κ2) is 8.50. The second-order valence-electron chi connectivity index (χ2n) is 8.42. The molecule has 0 bridgehead atoms. The van der Waals surface area contributed by atoms with Gasteiger partial charge in [0.25, 0.3) is 11.8 Å². The van der Waals surface area contributed by atoms with E-state index >= 15 is 0 Å². The summed E-state index contributed by atoms with van der Waals surface area (Å²) in [5.41, 5.74) is 3.53. The number of nitrogens with zero attached hydrogens (tertiary/aromatic N) is 5. The first-order valence-electron chi connectivity index (χ1n) is 10.9. The number of likely N-dealkylation sites (tertiary alicyclic amines) is 1. The van der Waals surface area contributed by atoms with Gasteiger partial charge < -0.3 is 14.7 Å². The molecule has 0 saturated carbocycles. The summed E-state index contributed by atoms with van der Waals surface area (Å²) in [6.07, 6.45) is 2.70. The number of piperidine rings is 1. The third-order valence-electron chi connectivity index (χ3n) is 6.32. The molecule has 3 heterocycles. The molecule has 0 radical (unpaired) electrons. The summed E-state index contributed by atoms with van der Waals surface area (Å²) in [5.74, 6) is 0.475. The van der Waals surface area contributed by atoms with Crippen molar-refractivity contribution in [2.75, 3.05) is 45.2 Å². The molecule has 0 unspecified atom stereocenters. The van der Waals surface area contributed by atoms with Crippen molar-refractivity contribution >= 4 is 17.5 Å². The molecule has 0 aliphatic carbocycles. The Bertz CT molecular complexity index is 910. The third-order valence-corrected chi connectivity index (χ3v) is 6.32. The maximum absolute atomic E-state index is 12.9. The van der Waals surface area contributed by atoms with E-state index in [4.69, 9.17) is 5.10 Å².